The van der Waals surface area contributed by atoms with Crippen LogP contribution in [0.4, 0.5) is 0 Å². The van der Waals surface area contributed by atoms with Crippen molar-refractivity contribution in [3.05, 3.63) is 0 Å². The summed E-state index contributed by atoms with van der Waals surface area (Å²) in [5, 5.41) is 0. The second kappa shape index (κ2) is 7.89. The maximum absolute atomic E-state index is 10.9. The van der Waals surface area contributed by atoms with Crippen molar-refractivity contribution in [3.8, 4) is 0 Å². The fraction of sp³-hybridized carbons (Fsp3) is 0.857. The van der Waals surface area contributed by atoms with E-state index in [2.05, 4.69) is 20.7 Å². The SMILES string of the molecule is COC(=O)C(Br)CSCCCN. The predicted molar refractivity (Wildman–Crippen MR) is 55.7 cm³/mol. The van der Waals surface area contributed by atoms with Gasteiger partial charge in [0.15, 0.2) is 0 Å². The Balaban J connectivity index is 3.31. The van der Waals surface area contributed by atoms with Gasteiger partial charge in [-0.2, -0.15) is 11.8 Å². The smallest absolute Gasteiger partial charge is 0.320 e. The Morgan fingerprint density at radius 3 is 2.92 bits per heavy atom. The molecule has 0 rings (SSSR count). The van der Waals surface area contributed by atoms with Crippen molar-refractivity contribution >= 4 is 33.7 Å². The molecule has 5 heteroatoms. The van der Waals surface area contributed by atoms with Crippen LogP contribution in [0.25, 0.3) is 0 Å². The monoisotopic (exact) mass is 255 g/mol. The van der Waals surface area contributed by atoms with E-state index < -0.39 is 0 Å². The standard InChI is InChI=1S/C7H14BrNO2S/c1-11-7(10)6(8)5-12-4-2-3-9/h6H,2-5,9H2,1H3. The second-order valence-corrected chi connectivity index (χ2v) is 4.46. The predicted octanol–water partition coefficient (Wildman–Crippen LogP) is 1.00. The van der Waals surface area contributed by atoms with Crippen LogP contribution in [0, 0.1) is 0 Å². The lowest BCUT2D eigenvalue weighted by molar-refractivity contribution is -0.139. The Morgan fingerprint density at radius 1 is 1.75 bits per heavy atom. The van der Waals surface area contributed by atoms with Gasteiger partial charge in [-0.1, -0.05) is 15.9 Å². The summed E-state index contributed by atoms with van der Waals surface area (Å²) in [6, 6.07) is 0. The summed E-state index contributed by atoms with van der Waals surface area (Å²) in [6.45, 7) is 0.707. The molecule has 0 amide bonds. The number of rotatable bonds is 6. The Bertz CT molecular complexity index is 135. The molecule has 0 aromatic rings. The van der Waals surface area contributed by atoms with Gasteiger partial charge in [-0.3, -0.25) is 4.79 Å². The number of hydrogen-bond donors (Lipinski definition) is 1. The molecule has 72 valence electrons. The van der Waals surface area contributed by atoms with Gasteiger partial charge >= 0.3 is 5.97 Å². The van der Waals surface area contributed by atoms with Crippen molar-refractivity contribution in [1.29, 1.82) is 0 Å². The lowest BCUT2D eigenvalue weighted by atomic mass is 10.5. The largest absolute Gasteiger partial charge is 0.468 e. The topological polar surface area (TPSA) is 52.3 Å². The van der Waals surface area contributed by atoms with E-state index in [1.807, 2.05) is 0 Å². The molecule has 3 nitrogen and oxygen atoms in total. The number of nitrogens with two attached hydrogens (primary N) is 1. The van der Waals surface area contributed by atoms with Gasteiger partial charge in [0.25, 0.3) is 0 Å². The first-order chi connectivity index (χ1) is 5.72. The average molecular weight is 256 g/mol. The molecule has 0 saturated carbocycles. The van der Waals surface area contributed by atoms with Gasteiger partial charge in [0, 0.05) is 5.75 Å². The van der Waals surface area contributed by atoms with E-state index in [1.54, 1.807) is 11.8 Å². The molecule has 0 aliphatic carbocycles. The van der Waals surface area contributed by atoms with E-state index in [4.69, 9.17) is 5.73 Å². The Hall–Kier alpha value is 0.260. The fourth-order valence-corrected chi connectivity index (χ4v) is 2.20. The zero-order chi connectivity index (χ0) is 9.40. The van der Waals surface area contributed by atoms with Crippen LogP contribution in [0.15, 0.2) is 0 Å². The summed E-state index contributed by atoms with van der Waals surface area (Å²) in [5.41, 5.74) is 5.31. The second-order valence-electron chi connectivity index (χ2n) is 2.21. The fourth-order valence-electron chi connectivity index (χ4n) is 0.568. The quantitative estimate of drug-likeness (QED) is 0.437. The molecule has 0 aliphatic rings. The lowest BCUT2D eigenvalue weighted by Crippen LogP contribution is -2.18. The number of alkyl halides is 1. The number of carbonyl (C=O) groups is 1. The van der Waals surface area contributed by atoms with Gasteiger partial charge in [-0.05, 0) is 18.7 Å². The molecular weight excluding hydrogens is 242 g/mol. The Kier molecular flexibility index (Phi) is 8.06. The molecule has 0 fully saturated rings. The summed E-state index contributed by atoms with van der Waals surface area (Å²) < 4.78 is 4.55. The number of thioether (sulfide) groups is 1. The molecule has 0 heterocycles. The molecule has 0 radical (unpaired) electrons. The van der Waals surface area contributed by atoms with Crippen molar-refractivity contribution in [1.82, 2.24) is 0 Å². The van der Waals surface area contributed by atoms with E-state index >= 15 is 0 Å². The summed E-state index contributed by atoms with van der Waals surface area (Å²) in [4.78, 5) is 10.7. The third-order valence-corrected chi connectivity index (χ3v) is 3.49. The van der Waals surface area contributed by atoms with Crippen LogP contribution in [0.5, 0.6) is 0 Å². The summed E-state index contributed by atoms with van der Waals surface area (Å²) in [6.07, 6.45) is 0.992. The Labute approximate surface area is 85.5 Å². The van der Waals surface area contributed by atoms with Crippen LogP contribution in [0.1, 0.15) is 6.42 Å². The molecule has 0 spiro atoms. The summed E-state index contributed by atoms with van der Waals surface area (Å²) >= 11 is 4.93. The minimum atomic E-state index is -0.213. The van der Waals surface area contributed by atoms with Gasteiger partial charge in [0.05, 0.1) is 7.11 Å². The molecule has 12 heavy (non-hydrogen) atoms. The van der Waals surface area contributed by atoms with Gasteiger partial charge in [0.2, 0.25) is 0 Å². The highest BCUT2D eigenvalue weighted by Gasteiger charge is 2.13. The molecule has 1 unspecified atom stereocenters. The Morgan fingerprint density at radius 2 is 2.42 bits per heavy atom. The van der Waals surface area contributed by atoms with E-state index in [0.29, 0.717) is 6.54 Å². The van der Waals surface area contributed by atoms with Crippen LogP contribution in [0.3, 0.4) is 0 Å². The number of ether oxygens (including phenoxy) is 1. The van der Waals surface area contributed by atoms with E-state index in [1.165, 1.54) is 7.11 Å². The van der Waals surface area contributed by atoms with Crippen molar-refractivity contribution in [2.45, 2.75) is 11.2 Å². The minimum absolute atomic E-state index is 0.190. The van der Waals surface area contributed by atoms with Gasteiger partial charge in [-0.25, -0.2) is 0 Å². The number of halogens is 1. The third kappa shape index (κ3) is 5.85. The summed E-state index contributed by atoms with van der Waals surface area (Å²) in [5.74, 6) is 1.53. The highest BCUT2D eigenvalue weighted by Crippen LogP contribution is 2.11. The molecule has 0 saturated heterocycles. The number of hydrogen-bond acceptors (Lipinski definition) is 4. The summed E-state index contributed by atoms with van der Waals surface area (Å²) in [7, 11) is 1.39. The number of methoxy groups -OCH3 is 1. The van der Waals surface area contributed by atoms with Crippen LogP contribution < -0.4 is 5.73 Å². The zero-order valence-electron chi connectivity index (χ0n) is 7.09. The molecular formula is C7H14BrNO2S. The normalized spacial score (nSPS) is 12.6. The van der Waals surface area contributed by atoms with Crippen LogP contribution in [-0.4, -0.2) is 36.0 Å². The molecule has 2 N–H and O–H groups in total. The highest BCUT2D eigenvalue weighted by atomic mass is 79.9. The van der Waals surface area contributed by atoms with E-state index in [0.717, 1.165) is 17.9 Å². The first kappa shape index (κ1) is 12.3. The number of esters is 1. The van der Waals surface area contributed by atoms with Crippen LogP contribution >= 0.6 is 27.7 Å². The molecule has 0 aliphatic heterocycles. The van der Waals surface area contributed by atoms with Crippen LogP contribution in [0.2, 0.25) is 0 Å². The maximum Gasteiger partial charge on any atom is 0.320 e. The lowest BCUT2D eigenvalue weighted by Gasteiger charge is -2.05. The van der Waals surface area contributed by atoms with Gasteiger partial charge in [-0.15, -0.1) is 0 Å². The van der Waals surface area contributed by atoms with Gasteiger partial charge < -0.3 is 10.5 Å². The van der Waals surface area contributed by atoms with Crippen molar-refractivity contribution in [3.63, 3.8) is 0 Å². The highest BCUT2D eigenvalue weighted by molar-refractivity contribution is 9.10. The first-order valence-corrected chi connectivity index (χ1v) is 5.79. The van der Waals surface area contributed by atoms with E-state index in [9.17, 15) is 4.79 Å². The van der Waals surface area contributed by atoms with Crippen molar-refractivity contribution in [2.24, 2.45) is 5.73 Å². The van der Waals surface area contributed by atoms with Crippen molar-refractivity contribution in [2.75, 3.05) is 25.2 Å². The number of carbonyl (C=O) groups excluding carboxylic acids is 1. The third-order valence-electron chi connectivity index (χ3n) is 1.21. The molecule has 0 aromatic heterocycles. The first-order valence-electron chi connectivity index (χ1n) is 3.72. The van der Waals surface area contributed by atoms with Crippen molar-refractivity contribution < 1.29 is 9.53 Å². The van der Waals surface area contributed by atoms with Crippen LogP contribution in [-0.2, 0) is 9.53 Å². The van der Waals surface area contributed by atoms with E-state index in [-0.39, 0.29) is 10.8 Å². The molecule has 0 aromatic carbocycles. The molecule has 0 bridgehead atoms. The minimum Gasteiger partial charge on any atom is -0.468 e. The molecule has 1 atom stereocenters. The van der Waals surface area contributed by atoms with Gasteiger partial charge in [0.1, 0.15) is 4.83 Å². The average Bonchev–Trinajstić information content (AvgIpc) is 2.10. The zero-order valence-corrected chi connectivity index (χ0v) is 9.49. The maximum atomic E-state index is 10.9.